The molecule has 1 aromatic heterocycles. The summed E-state index contributed by atoms with van der Waals surface area (Å²) in [7, 11) is 0. The Balaban J connectivity index is 2.51. The minimum Gasteiger partial charge on any atom is -0.481 e. The van der Waals surface area contributed by atoms with Crippen LogP contribution in [0.4, 0.5) is 0 Å². The van der Waals surface area contributed by atoms with Crippen molar-refractivity contribution in [3.8, 4) is 0 Å². The zero-order valence-corrected chi connectivity index (χ0v) is 10.5. The molecule has 3 nitrogen and oxygen atoms in total. The number of fused-ring (bicyclic) bond motifs is 1. The first-order chi connectivity index (χ1) is 8.09. The Morgan fingerprint density at radius 1 is 1.35 bits per heavy atom. The van der Waals surface area contributed by atoms with Crippen LogP contribution < -0.4 is 0 Å². The van der Waals surface area contributed by atoms with Crippen LogP contribution in [0, 0.1) is 13.8 Å². The van der Waals surface area contributed by atoms with Gasteiger partial charge in [0.05, 0.1) is 11.3 Å². The molecule has 0 radical (unpaired) electrons. The first kappa shape index (κ1) is 11.9. The first-order valence-electron chi connectivity index (χ1n) is 5.29. The summed E-state index contributed by atoms with van der Waals surface area (Å²) in [6.45, 7) is 4.09. The molecule has 0 saturated heterocycles. The summed E-state index contributed by atoms with van der Waals surface area (Å²) in [4.78, 5) is 15.9. The first-order valence-corrected chi connectivity index (χ1v) is 6.27. The summed E-state index contributed by atoms with van der Waals surface area (Å²) >= 11 is 1.33. The van der Waals surface area contributed by atoms with Crippen LogP contribution in [0.15, 0.2) is 29.3 Å². The van der Waals surface area contributed by atoms with Crippen LogP contribution in [0.25, 0.3) is 10.9 Å². The lowest BCUT2D eigenvalue weighted by Crippen LogP contribution is -1.98. The van der Waals surface area contributed by atoms with Crippen molar-refractivity contribution in [3.63, 3.8) is 0 Å². The quantitative estimate of drug-likeness (QED) is 0.847. The fourth-order valence-corrected chi connectivity index (χ4v) is 2.46. The van der Waals surface area contributed by atoms with Crippen molar-refractivity contribution in [1.82, 2.24) is 4.98 Å². The minimum absolute atomic E-state index is 0.0754. The Hall–Kier alpha value is -1.55. The molecular formula is C13H13NO2S. The van der Waals surface area contributed by atoms with Crippen molar-refractivity contribution in [3.05, 3.63) is 35.5 Å². The lowest BCUT2D eigenvalue weighted by atomic mass is 10.1. The monoisotopic (exact) mass is 247 g/mol. The number of carboxylic acid groups (broad SMARTS) is 1. The molecule has 2 aromatic rings. The molecule has 1 heterocycles. The van der Waals surface area contributed by atoms with Crippen molar-refractivity contribution in [2.24, 2.45) is 0 Å². The molecule has 0 aliphatic carbocycles. The number of carbonyl (C=O) groups is 1. The number of aliphatic carboxylic acids is 1. The molecule has 0 saturated carbocycles. The van der Waals surface area contributed by atoms with Crippen LogP contribution in [-0.2, 0) is 4.79 Å². The van der Waals surface area contributed by atoms with E-state index in [0.29, 0.717) is 0 Å². The predicted molar refractivity (Wildman–Crippen MR) is 69.6 cm³/mol. The number of aryl methyl sites for hydroxylation is 2. The second kappa shape index (κ2) is 4.75. The topological polar surface area (TPSA) is 50.2 Å². The van der Waals surface area contributed by atoms with E-state index in [4.69, 9.17) is 5.11 Å². The van der Waals surface area contributed by atoms with Crippen molar-refractivity contribution in [2.75, 3.05) is 5.75 Å². The lowest BCUT2D eigenvalue weighted by molar-refractivity contribution is -0.133. The van der Waals surface area contributed by atoms with Crippen LogP contribution in [0.1, 0.15) is 11.1 Å². The summed E-state index contributed by atoms with van der Waals surface area (Å²) < 4.78 is 0. The fraction of sp³-hybridized carbons (Fsp3) is 0.231. The molecule has 0 aliphatic heterocycles. The van der Waals surface area contributed by atoms with Gasteiger partial charge in [-0.3, -0.25) is 9.78 Å². The van der Waals surface area contributed by atoms with Gasteiger partial charge in [0.25, 0.3) is 0 Å². The molecule has 88 valence electrons. The molecule has 17 heavy (non-hydrogen) atoms. The Morgan fingerprint density at radius 3 is 2.82 bits per heavy atom. The Kier molecular flexibility index (Phi) is 3.33. The van der Waals surface area contributed by atoms with E-state index in [-0.39, 0.29) is 5.75 Å². The van der Waals surface area contributed by atoms with Crippen LogP contribution in [0.2, 0.25) is 0 Å². The number of hydrogen-bond donors (Lipinski definition) is 1. The standard InChI is InChI=1S/C13H13NO2S/c1-8-3-4-10-11(17-7-12(15)16)5-6-14-13(10)9(8)2/h3-6H,7H2,1-2H3,(H,15,16). The number of pyridine rings is 1. The third kappa shape index (κ3) is 2.42. The van der Waals surface area contributed by atoms with Gasteiger partial charge in [0.2, 0.25) is 0 Å². The number of hydrogen-bond acceptors (Lipinski definition) is 3. The molecular weight excluding hydrogens is 234 g/mol. The smallest absolute Gasteiger partial charge is 0.313 e. The molecule has 0 amide bonds. The number of thioether (sulfide) groups is 1. The number of nitrogens with zero attached hydrogens (tertiary/aromatic N) is 1. The van der Waals surface area contributed by atoms with Crippen molar-refractivity contribution in [1.29, 1.82) is 0 Å². The third-order valence-corrected chi connectivity index (χ3v) is 3.81. The van der Waals surface area contributed by atoms with E-state index in [9.17, 15) is 4.79 Å². The maximum Gasteiger partial charge on any atom is 0.313 e. The van der Waals surface area contributed by atoms with Gasteiger partial charge in [0, 0.05) is 16.5 Å². The van der Waals surface area contributed by atoms with Crippen molar-refractivity contribution < 1.29 is 9.90 Å². The summed E-state index contributed by atoms with van der Waals surface area (Å²) in [6.07, 6.45) is 1.74. The van der Waals surface area contributed by atoms with Crippen LogP contribution in [0.3, 0.4) is 0 Å². The molecule has 4 heteroatoms. The molecule has 0 spiro atoms. The maximum atomic E-state index is 10.6. The zero-order chi connectivity index (χ0) is 12.4. The van der Waals surface area contributed by atoms with Gasteiger partial charge in [0.1, 0.15) is 0 Å². The Labute approximate surface area is 104 Å². The van der Waals surface area contributed by atoms with Gasteiger partial charge in [-0.15, -0.1) is 11.8 Å². The highest BCUT2D eigenvalue weighted by Crippen LogP contribution is 2.29. The molecule has 0 atom stereocenters. The van der Waals surface area contributed by atoms with E-state index < -0.39 is 5.97 Å². The average Bonchev–Trinajstić information content (AvgIpc) is 2.31. The SMILES string of the molecule is Cc1ccc2c(SCC(=O)O)ccnc2c1C. The Morgan fingerprint density at radius 2 is 2.12 bits per heavy atom. The third-order valence-electron chi connectivity index (χ3n) is 2.75. The second-order valence-electron chi connectivity index (χ2n) is 3.90. The van der Waals surface area contributed by atoms with E-state index in [0.717, 1.165) is 21.4 Å². The van der Waals surface area contributed by atoms with Gasteiger partial charge in [-0.25, -0.2) is 0 Å². The van der Waals surface area contributed by atoms with E-state index in [1.165, 1.54) is 17.3 Å². The second-order valence-corrected chi connectivity index (χ2v) is 4.91. The average molecular weight is 247 g/mol. The molecule has 0 fully saturated rings. The van der Waals surface area contributed by atoms with E-state index in [1.807, 2.05) is 32.0 Å². The van der Waals surface area contributed by atoms with E-state index in [1.54, 1.807) is 6.20 Å². The van der Waals surface area contributed by atoms with Crippen molar-refractivity contribution in [2.45, 2.75) is 18.7 Å². The number of aromatic nitrogens is 1. The van der Waals surface area contributed by atoms with Gasteiger partial charge in [0.15, 0.2) is 0 Å². The van der Waals surface area contributed by atoms with Gasteiger partial charge < -0.3 is 5.11 Å². The summed E-state index contributed by atoms with van der Waals surface area (Å²) in [6, 6.07) is 5.92. The predicted octanol–water partition coefficient (Wildman–Crippen LogP) is 3.03. The largest absolute Gasteiger partial charge is 0.481 e. The number of rotatable bonds is 3. The van der Waals surface area contributed by atoms with E-state index in [2.05, 4.69) is 4.98 Å². The highest BCUT2D eigenvalue weighted by atomic mass is 32.2. The minimum atomic E-state index is -0.802. The van der Waals surface area contributed by atoms with E-state index >= 15 is 0 Å². The summed E-state index contributed by atoms with van der Waals surface area (Å²) in [5.41, 5.74) is 3.31. The van der Waals surface area contributed by atoms with Crippen molar-refractivity contribution >= 4 is 28.6 Å². The van der Waals surface area contributed by atoms with Crippen LogP contribution >= 0.6 is 11.8 Å². The summed E-state index contributed by atoms with van der Waals surface area (Å²) in [5, 5.41) is 9.74. The molecule has 0 aliphatic rings. The van der Waals surface area contributed by atoms with Gasteiger partial charge in [-0.1, -0.05) is 12.1 Å². The van der Waals surface area contributed by atoms with Crippen LogP contribution in [-0.4, -0.2) is 21.8 Å². The lowest BCUT2D eigenvalue weighted by Gasteiger charge is -2.08. The molecule has 2 rings (SSSR count). The van der Waals surface area contributed by atoms with Gasteiger partial charge >= 0.3 is 5.97 Å². The molecule has 0 unspecified atom stereocenters. The Bertz CT molecular complexity index is 581. The highest BCUT2D eigenvalue weighted by Gasteiger charge is 2.07. The zero-order valence-electron chi connectivity index (χ0n) is 9.73. The summed E-state index contributed by atoms with van der Waals surface area (Å²) in [5.74, 6) is -0.727. The molecule has 1 aromatic carbocycles. The fourth-order valence-electron chi connectivity index (χ4n) is 1.70. The molecule has 1 N–H and O–H groups in total. The maximum absolute atomic E-state index is 10.6. The molecule has 0 bridgehead atoms. The van der Waals surface area contributed by atoms with Gasteiger partial charge in [-0.2, -0.15) is 0 Å². The normalized spacial score (nSPS) is 10.7. The highest BCUT2D eigenvalue weighted by molar-refractivity contribution is 8.00. The van der Waals surface area contributed by atoms with Gasteiger partial charge in [-0.05, 0) is 31.0 Å². The number of benzene rings is 1. The number of carboxylic acids is 1. The van der Waals surface area contributed by atoms with Crippen LogP contribution in [0.5, 0.6) is 0 Å².